The molecule has 0 unspecified atom stereocenters. The number of allylic oxidation sites excluding steroid dienone is 1. The van der Waals surface area contributed by atoms with Gasteiger partial charge in [0.2, 0.25) is 0 Å². The fourth-order valence-corrected chi connectivity index (χ4v) is 0.180. The van der Waals surface area contributed by atoms with Crippen LogP contribution in [0.4, 0.5) is 4.39 Å². The van der Waals surface area contributed by atoms with Gasteiger partial charge in [0.05, 0.1) is 6.26 Å². The van der Waals surface area contributed by atoms with Crippen LogP contribution < -0.4 is 0 Å². The summed E-state index contributed by atoms with van der Waals surface area (Å²) in [7, 11) is 0. The van der Waals surface area contributed by atoms with Crippen molar-refractivity contribution >= 4 is 5.97 Å². The lowest BCUT2D eigenvalue weighted by atomic mass is 10.7. The largest absolute Gasteiger partial charge is 0.435 e. The number of hydrogen-bond acceptors (Lipinski definition) is 2. The Labute approximate surface area is 47.0 Å². The average Bonchev–Trinajstić information content (AvgIpc) is 1.66. The first kappa shape index (κ1) is 7.14. The minimum absolute atomic E-state index is 0.435. The topological polar surface area (TPSA) is 26.3 Å². The summed E-state index contributed by atoms with van der Waals surface area (Å²) in [6.45, 7) is 0.649. The van der Waals surface area contributed by atoms with E-state index in [0.29, 0.717) is 0 Å². The Hall–Kier alpha value is -0.860. The van der Waals surface area contributed by atoms with E-state index in [1.165, 1.54) is 6.92 Å². The maximum atomic E-state index is 11.2. The molecule has 0 N–H and O–H groups in total. The molecule has 0 aromatic heterocycles. The second-order valence-corrected chi connectivity index (χ2v) is 1.14. The summed E-state index contributed by atoms with van der Waals surface area (Å²) in [5.74, 6) is -0.435. The van der Waals surface area contributed by atoms with Crippen molar-refractivity contribution in [3.8, 4) is 0 Å². The molecule has 0 heterocycles. The summed E-state index contributed by atoms with van der Waals surface area (Å²) in [6, 6.07) is 0. The molecular formula is C5H7FO2. The van der Waals surface area contributed by atoms with Gasteiger partial charge < -0.3 is 4.74 Å². The van der Waals surface area contributed by atoms with Gasteiger partial charge >= 0.3 is 5.97 Å². The first-order valence-corrected chi connectivity index (χ1v) is 2.15. The van der Waals surface area contributed by atoms with E-state index in [1.807, 2.05) is 0 Å². The number of halogens is 1. The molecule has 0 aliphatic carbocycles. The van der Waals surface area contributed by atoms with Gasteiger partial charge in [-0.15, -0.1) is 0 Å². The minimum atomic E-state index is -0.604. The molecule has 0 spiro atoms. The van der Waals surface area contributed by atoms with E-state index in [2.05, 4.69) is 4.74 Å². The summed E-state index contributed by atoms with van der Waals surface area (Å²) in [5, 5.41) is 0. The van der Waals surface area contributed by atoms with E-state index >= 15 is 0 Å². The van der Waals surface area contributed by atoms with Crippen LogP contribution in [-0.4, -0.2) is 12.6 Å². The highest BCUT2D eigenvalue weighted by Gasteiger charge is 1.82. The van der Waals surface area contributed by atoms with Crippen LogP contribution in [0.2, 0.25) is 0 Å². The van der Waals surface area contributed by atoms with Crippen LogP contribution in [0, 0.1) is 0 Å². The number of carbonyl (C=O) groups is 1. The third-order valence-electron chi connectivity index (χ3n) is 0.419. The predicted octanol–water partition coefficient (Wildman–Crippen LogP) is 1.03. The molecule has 0 rings (SSSR count). The molecule has 0 saturated carbocycles. The predicted molar refractivity (Wildman–Crippen MR) is 26.9 cm³/mol. The molecule has 0 radical (unpaired) electrons. The number of carbonyl (C=O) groups excluding carboxylic acids is 1. The van der Waals surface area contributed by atoms with Crippen LogP contribution in [-0.2, 0) is 9.53 Å². The SMILES string of the molecule is CC(=O)OC=CCF. The summed E-state index contributed by atoms with van der Waals surface area (Å²) in [5.41, 5.74) is 0. The lowest BCUT2D eigenvalue weighted by Gasteiger charge is -1.86. The monoisotopic (exact) mass is 118 g/mol. The number of rotatable bonds is 2. The van der Waals surface area contributed by atoms with E-state index in [1.54, 1.807) is 0 Å². The summed E-state index contributed by atoms with van der Waals surface area (Å²) in [4.78, 5) is 9.92. The fraction of sp³-hybridized carbons (Fsp3) is 0.400. The van der Waals surface area contributed by atoms with Gasteiger partial charge in [-0.05, 0) is 6.08 Å². The molecule has 46 valence electrons. The fourth-order valence-electron chi connectivity index (χ4n) is 0.180. The van der Waals surface area contributed by atoms with Crippen molar-refractivity contribution < 1.29 is 13.9 Å². The van der Waals surface area contributed by atoms with E-state index in [4.69, 9.17) is 0 Å². The van der Waals surface area contributed by atoms with E-state index < -0.39 is 12.6 Å². The smallest absolute Gasteiger partial charge is 0.307 e. The normalized spacial score (nSPS) is 9.75. The van der Waals surface area contributed by atoms with Crippen molar-refractivity contribution in [2.75, 3.05) is 6.67 Å². The van der Waals surface area contributed by atoms with Crippen LogP contribution in [0.1, 0.15) is 6.92 Å². The van der Waals surface area contributed by atoms with Crippen molar-refractivity contribution in [2.45, 2.75) is 6.92 Å². The number of esters is 1. The Morgan fingerprint density at radius 1 is 1.88 bits per heavy atom. The minimum Gasteiger partial charge on any atom is -0.435 e. The van der Waals surface area contributed by atoms with Gasteiger partial charge in [-0.2, -0.15) is 0 Å². The van der Waals surface area contributed by atoms with E-state index in [-0.39, 0.29) is 0 Å². The van der Waals surface area contributed by atoms with Gasteiger partial charge in [-0.3, -0.25) is 4.79 Å². The highest BCUT2D eigenvalue weighted by Crippen LogP contribution is 1.78. The van der Waals surface area contributed by atoms with Gasteiger partial charge in [-0.1, -0.05) is 0 Å². The molecule has 0 aliphatic heterocycles. The Kier molecular flexibility index (Phi) is 3.84. The van der Waals surface area contributed by atoms with Crippen molar-refractivity contribution in [1.29, 1.82) is 0 Å². The Morgan fingerprint density at radius 2 is 2.50 bits per heavy atom. The quantitative estimate of drug-likeness (QED) is 0.400. The molecule has 3 heteroatoms. The third kappa shape index (κ3) is 5.14. The van der Waals surface area contributed by atoms with E-state index in [0.717, 1.165) is 12.3 Å². The van der Waals surface area contributed by atoms with E-state index in [9.17, 15) is 9.18 Å². The molecule has 0 atom stereocenters. The van der Waals surface area contributed by atoms with Crippen LogP contribution in [0.15, 0.2) is 12.3 Å². The number of alkyl halides is 1. The molecule has 0 amide bonds. The zero-order valence-corrected chi connectivity index (χ0v) is 4.56. The Balaban J connectivity index is 3.16. The molecule has 0 bridgehead atoms. The lowest BCUT2D eigenvalue weighted by Crippen LogP contribution is -1.89. The standard InChI is InChI=1S/C5H7FO2/c1-5(7)8-4-2-3-6/h2,4H,3H2,1H3. The second kappa shape index (κ2) is 4.30. The molecule has 8 heavy (non-hydrogen) atoms. The van der Waals surface area contributed by atoms with Crippen molar-refractivity contribution in [2.24, 2.45) is 0 Å². The lowest BCUT2D eigenvalue weighted by molar-refractivity contribution is -0.135. The van der Waals surface area contributed by atoms with Crippen molar-refractivity contribution in [3.63, 3.8) is 0 Å². The molecular weight excluding hydrogens is 111 g/mol. The van der Waals surface area contributed by atoms with Crippen LogP contribution in [0.3, 0.4) is 0 Å². The Bertz CT molecular complexity index is 98.6. The maximum Gasteiger partial charge on any atom is 0.307 e. The summed E-state index contributed by atoms with van der Waals surface area (Å²) in [6.07, 6.45) is 2.14. The molecule has 0 fully saturated rings. The summed E-state index contributed by atoms with van der Waals surface area (Å²) >= 11 is 0. The number of ether oxygens (including phenoxy) is 1. The van der Waals surface area contributed by atoms with Gasteiger partial charge in [0, 0.05) is 6.92 Å². The van der Waals surface area contributed by atoms with Gasteiger partial charge in [-0.25, -0.2) is 4.39 Å². The first-order chi connectivity index (χ1) is 3.77. The van der Waals surface area contributed by atoms with Gasteiger partial charge in [0.1, 0.15) is 6.67 Å². The van der Waals surface area contributed by atoms with Crippen molar-refractivity contribution in [3.05, 3.63) is 12.3 Å². The van der Waals surface area contributed by atoms with Crippen molar-refractivity contribution in [1.82, 2.24) is 0 Å². The highest BCUT2D eigenvalue weighted by molar-refractivity contribution is 5.66. The second-order valence-electron chi connectivity index (χ2n) is 1.14. The number of hydrogen-bond donors (Lipinski definition) is 0. The van der Waals surface area contributed by atoms with Gasteiger partial charge in [0.25, 0.3) is 0 Å². The highest BCUT2D eigenvalue weighted by atomic mass is 19.1. The Morgan fingerprint density at radius 3 is 2.88 bits per heavy atom. The zero-order chi connectivity index (χ0) is 6.41. The zero-order valence-electron chi connectivity index (χ0n) is 4.56. The molecule has 0 aliphatic rings. The molecule has 2 nitrogen and oxygen atoms in total. The maximum absolute atomic E-state index is 11.2. The van der Waals surface area contributed by atoms with Crippen LogP contribution >= 0.6 is 0 Å². The molecule has 0 saturated heterocycles. The first-order valence-electron chi connectivity index (χ1n) is 2.15. The summed E-state index contributed by atoms with van der Waals surface area (Å²) < 4.78 is 15.4. The van der Waals surface area contributed by atoms with Gasteiger partial charge in [0.15, 0.2) is 0 Å². The average molecular weight is 118 g/mol. The molecule has 0 aromatic rings. The van der Waals surface area contributed by atoms with Crippen LogP contribution in [0.5, 0.6) is 0 Å². The third-order valence-corrected chi connectivity index (χ3v) is 0.419. The van der Waals surface area contributed by atoms with Crippen LogP contribution in [0.25, 0.3) is 0 Å². The molecule has 0 aromatic carbocycles.